The summed E-state index contributed by atoms with van der Waals surface area (Å²) >= 11 is 0. The molecule has 3 nitrogen and oxygen atoms in total. The van der Waals surface area contributed by atoms with Gasteiger partial charge in [0.25, 0.3) is 0 Å². The van der Waals surface area contributed by atoms with Crippen LogP contribution in [0.5, 0.6) is 0 Å². The van der Waals surface area contributed by atoms with E-state index in [1.54, 1.807) is 0 Å². The van der Waals surface area contributed by atoms with Crippen LogP contribution in [0.4, 0.5) is 5.69 Å². The van der Waals surface area contributed by atoms with E-state index in [4.69, 9.17) is 0 Å². The van der Waals surface area contributed by atoms with Crippen LogP contribution in [0.1, 0.15) is 30.0 Å². The quantitative estimate of drug-likeness (QED) is 0.858. The van der Waals surface area contributed by atoms with Gasteiger partial charge in [-0.2, -0.15) is 0 Å². The number of carbonyl (C=O) groups is 1. The maximum Gasteiger partial charge on any atom is 0.228 e. The van der Waals surface area contributed by atoms with Crippen molar-refractivity contribution < 1.29 is 4.79 Å². The molecule has 120 valence electrons. The smallest absolute Gasteiger partial charge is 0.228 e. The van der Waals surface area contributed by atoms with Crippen LogP contribution in [-0.2, 0) is 17.8 Å². The monoisotopic (exact) mass is 308 g/mol. The third-order valence-corrected chi connectivity index (χ3v) is 4.57. The molecule has 3 rings (SSSR count). The SMILES string of the molecule is Cc1ccccc1CNCCC(=O)N1c2ccccc2CC1C. The molecule has 0 bridgehead atoms. The lowest BCUT2D eigenvalue weighted by Gasteiger charge is -2.23. The summed E-state index contributed by atoms with van der Waals surface area (Å²) in [4.78, 5) is 14.5. The normalized spacial score (nSPS) is 16.4. The van der Waals surface area contributed by atoms with Crippen molar-refractivity contribution in [1.82, 2.24) is 5.32 Å². The summed E-state index contributed by atoms with van der Waals surface area (Å²) < 4.78 is 0. The van der Waals surface area contributed by atoms with Crippen LogP contribution in [-0.4, -0.2) is 18.5 Å². The van der Waals surface area contributed by atoms with Gasteiger partial charge in [0.05, 0.1) is 0 Å². The first-order valence-electron chi connectivity index (χ1n) is 8.32. The Morgan fingerprint density at radius 2 is 1.91 bits per heavy atom. The van der Waals surface area contributed by atoms with Crippen molar-refractivity contribution in [3.63, 3.8) is 0 Å². The van der Waals surface area contributed by atoms with Gasteiger partial charge in [0.1, 0.15) is 0 Å². The van der Waals surface area contributed by atoms with Crippen molar-refractivity contribution in [1.29, 1.82) is 0 Å². The summed E-state index contributed by atoms with van der Waals surface area (Å²) in [7, 11) is 0. The predicted molar refractivity (Wildman–Crippen MR) is 94.6 cm³/mol. The molecule has 2 aromatic carbocycles. The molecule has 0 spiro atoms. The first-order chi connectivity index (χ1) is 11.2. The molecular weight excluding hydrogens is 284 g/mol. The van der Waals surface area contributed by atoms with E-state index in [2.05, 4.69) is 55.6 Å². The number of carbonyl (C=O) groups excluding carboxylic acids is 1. The molecule has 1 atom stereocenters. The van der Waals surface area contributed by atoms with Gasteiger partial charge in [0, 0.05) is 31.2 Å². The first-order valence-corrected chi connectivity index (χ1v) is 8.32. The summed E-state index contributed by atoms with van der Waals surface area (Å²) in [6, 6.07) is 16.8. The van der Waals surface area contributed by atoms with Gasteiger partial charge in [-0.05, 0) is 43.0 Å². The van der Waals surface area contributed by atoms with Crippen LogP contribution in [0.15, 0.2) is 48.5 Å². The number of rotatable bonds is 5. The van der Waals surface area contributed by atoms with E-state index in [0.717, 1.165) is 18.7 Å². The van der Waals surface area contributed by atoms with Crippen molar-refractivity contribution in [2.24, 2.45) is 0 Å². The topological polar surface area (TPSA) is 32.3 Å². The number of aryl methyl sites for hydroxylation is 1. The minimum atomic E-state index is 0.208. The minimum Gasteiger partial charge on any atom is -0.312 e. The average Bonchev–Trinajstić information content (AvgIpc) is 2.88. The number of amides is 1. The largest absolute Gasteiger partial charge is 0.312 e. The van der Waals surface area contributed by atoms with Crippen LogP contribution < -0.4 is 10.2 Å². The number of hydrogen-bond acceptors (Lipinski definition) is 2. The third-order valence-electron chi connectivity index (χ3n) is 4.57. The van der Waals surface area contributed by atoms with Crippen LogP contribution in [0.25, 0.3) is 0 Å². The highest BCUT2D eigenvalue weighted by atomic mass is 16.2. The lowest BCUT2D eigenvalue weighted by Crippen LogP contribution is -2.37. The van der Waals surface area contributed by atoms with Crippen LogP contribution in [0.3, 0.4) is 0 Å². The number of nitrogens with one attached hydrogen (secondary N) is 1. The molecule has 2 aromatic rings. The van der Waals surface area contributed by atoms with Gasteiger partial charge < -0.3 is 10.2 Å². The standard InChI is InChI=1S/C20H24N2O/c1-15-7-3-4-9-18(15)14-21-12-11-20(23)22-16(2)13-17-8-5-6-10-19(17)22/h3-10,16,21H,11-14H2,1-2H3. The summed E-state index contributed by atoms with van der Waals surface area (Å²) in [6.07, 6.45) is 1.49. The highest BCUT2D eigenvalue weighted by molar-refractivity contribution is 5.96. The molecule has 1 N–H and O–H groups in total. The molecule has 3 heteroatoms. The fourth-order valence-electron chi connectivity index (χ4n) is 3.29. The second kappa shape index (κ2) is 6.97. The molecule has 1 unspecified atom stereocenters. The van der Waals surface area contributed by atoms with Crippen molar-refractivity contribution in [3.8, 4) is 0 Å². The Bertz CT molecular complexity index is 696. The summed E-state index contributed by atoms with van der Waals surface area (Å²) in [6.45, 7) is 5.76. The number of fused-ring (bicyclic) bond motifs is 1. The Kier molecular flexibility index (Phi) is 4.77. The molecule has 1 aliphatic heterocycles. The van der Waals surface area contributed by atoms with Gasteiger partial charge in [0.2, 0.25) is 5.91 Å². The molecule has 0 aromatic heterocycles. The van der Waals surface area contributed by atoms with Gasteiger partial charge >= 0.3 is 0 Å². The van der Waals surface area contributed by atoms with E-state index < -0.39 is 0 Å². The van der Waals surface area contributed by atoms with Gasteiger partial charge in [-0.25, -0.2) is 0 Å². The predicted octanol–water partition coefficient (Wildman–Crippen LogP) is 3.45. The van der Waals surface area contributed by atoms with Crippen molar-refractivity contribution in [2.75, 3.05) is 11.4 Å². The second-order valence-corrected chi connectivity index (χ2v) is 6.30. The summed E-state index contributed by atoms with van der Waals surface area (Å²) in [5.74, 6) is 0.208. The zero-order chi connectivity index (χ0) is 16.2. The molecule has 0 radical (unpaired) electrons. The van der Waals surface area contributed by atoms with Gasteiger partial charge in [-0.1, -0.05) is 42.5 Å². The molecule has 1 aliphatic rings. The van der Waals surface area contributed by atoms with Crippen molar-refractivity contribution >= 4 is 11.6 Å². The fraction of sp³-hybridized carbons (Fsp3) is 0.350. The zero-order valence-electron chi connectivity index (χ0n) is 13.9. The maximum atomic E-state index is 12.6. The molecule has 0 saturated carbocycles. The lowest BCUT2D eigenvalue weighted by atomic mass is 10.1. The van der Waals surface area contributed by atoms with E-state index in [9.17, 15) is 4.79 Å². The van der Waals surface area contributed by atoms with Crippen molar-refractivity contribution in [3.05, 3.63) is 65.2 Å². The van der Waals surface area contributed by atoms with Crippen molar-refractivity contribution in [2.45, 2.75) is 39.3 Å². The maximum absolute atomic E-state index is 12.6. The van der Waals surface area contributed by atoms with Gasteiger partial charge in [-0.15, -0.1) is 0 Å². The van der Waals surface area contributed by atoms with Crippen LogP contribution in [0, 0.1) is 6.92 Å². The van der Waals surface area contributed by atoms with Gasteiger partial charge in [-0.3, -0.25) is 4.79 Å². The number of para-hydroxylation sites is 1. The highest BCUT2D eigenvalue weighted by Crippen LogP contribution is 2.32. The summed E-state index contributed by atoms with van der Waals surface area (Å²) in [5, 5.41) is 3.39. The Morgan fingerprint density at radius 1 is 1.17 bits per heavy atom. The molecule has 23 heavy (non-hydrogen) atoms. The molecular formula is C20H24N2O. The number of benzene rings is 2. The first kappa shape index (κ1) is 15.8. The van der Waals surface area contributed by atoms with E-state index >= 15 is 0 Å². The molecule has 0 aliphatic carbocycles. The minimum absolute atomic E-state index is 0.208. The summed E-state index contributed by atoms with van der Waals surface area (Å²) in [5.41, 5.74) is 4.94. The van der Waals surface area contributed by atoms with Gasteiger partial charge in [0.15, 0.2) is 0 Å². The number of nitrogens with zero attached hydrogens (tertiary/aromatic N) is 1. The molecule has 1 heterocycles. The van der Waals surface area contributed by atoms with Crippen LogP contribution in [0.2, 0.25) is 0 Å². The number of anilines is 1. The Hall–Kier alpha value is -2.13. The fourth-order valence-corrected chi connectivity index (χ4v) is 3.29. The van der Waals surface area contributed by atoms with E-state index in [-0.39, 0.29) is 11.9 Å². The number of hydrogen-bond donors (Lipinski definition) is 1. The molecule has 0 saturated heterocycles. The Balaban J connectivity index is 1.53. The Labute approximate surface area is 138 Å². The zero-order valence-corrected chi connectivity index (χ0v) is 13.9. The second-order valence-electron chi connectivity index (χ2n) is 6.30. The van der Waals surface area contributed by atoms with E-state index in [1.807, 2.05) is 17.0 Å². The highest BCUT2D eigenvalue weighted by Gasteiger charge is 2.29. The molecule has 1 amide bonds. The third kappa shape index (κ3) is 3.45. The molecule has 0 fully saturated rings. The average molecular weight is 308 g/mol. The lowest BCUT2D eigenvalue weighted by molar-refractivity contribution is -0.118. The van der Waals surface area contributed by atoms with E-state index in [0.29, 0.717) is 13.0 Å². The Morgan fingerprint density at radius 3 is 2.74 bits per heavy atom. The van der Waals surface area contributed by atoms with Crippen LogP contribution >= 0.6 is 0 Å². The van der Waals surface area contributed by atoms with E-state index in [1.165, 1.54) is 16.7 Å².